The van der Waals surface area contributed by atoms with E-state index in [1.807, 2.05) is 4.98 Å². The van der Waals surface area contributed by atoms with E-state index in [9.17, 15) is 35.9 Å². The number of amides is 1. The number of carbonyl (C=O) groups excluding carboxylic acids is 1. The molecule has 1 amide bonds. The van der Waals surface area contributed by atoms with Gasteiger partial charge in [0.1, 0.15) is 5.56 Å². The van der Waals surface area contributed by atoms with Crippen LogP contribution in [0.2, 0.25) is 0 Å². The van der Waals surface area contributed by atoms with Crippen LogP contribution in [0.1, 0.15) is 30.5 Å². The summed E-state index contributed by atoms with van der Waals surface area (Å²) >= 11 is 0. The van der Waals surface area contributed by atoms with Crippen LogP contribution in [-0.4, -0.2) is 57.7 Å². The van der Waals surface area contributed by atoms with Crippen LogP contribution in [0.3, 0.4) is 0 Å². The molecule has 2 atom stereocenters. The fourth-order valence-corrected chi connectivity index (χ4v) is 3.69. The molecule has 2 aromatic heterocycles. The number of anilines is 1. The van der Waals surface area contributed by atoms with E-state index < -0.39 is 47.2 Å². The highest BCUT2D eigenvalue weighted by molar-refractivity contribution is 5.69. The second-order valence-electron chi connectivity index (χ2n) is 7.89. The number of ether oxygens (including phenoxy) is 1. The van der Waals surface area contributed by atoms with Crippen molar-refractivity contribution in [3.63, 3.8) is 0 Å². The fraction of sp³-hybridized carbons (Fsp3) is 0.500. The summed E-state index contributed by atoms with van der Waals surface area (Å²) in [4.78, 5) is 36.6. The molecule has 186 valence electrons. The molecule has 0 aliphatic carbocycles. The molecule has 3 heterocycles. The SMILES string of the molecule is C[C@H]1CN(c2ncc(C(F)(F)F)cn2)C[C@H](C)N1C(=O)OCCc1c[nH]c(=O)c(C(F)(F)F)c1. The Balaban J connectivity index is 1.58. The zero-order valence-corrected chi connectivity index (χ0v) is 18.1. The molecule has 0 spiro atoms. The molecule has 1 aliphatic heterocycles. The van der Waals surface area contributed by atoms with Crippen molar-refractivity contribution in [1.29, 1.82) is 0 Å². The van der Waals surface area contributed by atoms with Gasteiger partial charge in [-0.15, -0.1) is 0 Å². The maximum Gasteiger partial charge on any atom is 0.421 e. The van der Waals surface area contributed by atoms with Gasteiger partial charge in [0, 0.05) is 38.1 Å². The zero-order chi connectivity index (χ0) is 25.3. The van der Waals surface area contributed by atoms with Crippen LogP contribution in [0.5, 0.6) is 0 Å². The quantitative estimate of drug-likeness (QED) is 0.656. The van der Waals surface area contributed by atoms with Crippen molar-refractivity contribution in [2.24, 2.45) is 0 Å². The maximum absolute atomic E-state index is 12.9. The number of carbonyl (C=O) groups is 1. The van der Waals surface area contributed by atoms with E-state index in [1.165, 1.54) is 4.90 Å². The predicted octanol–water partition coefficient (Wildman–Crippen LogP) is 3.48. The average Bonchev–Trinajstić information content (AvgIpc) is 2.73. The lowest BCUT2D eigenvalue weighted by Crippen LogP contribution is -2.59. The molecule has 1 saturated heterocycles. The van der Waals surface area contributed by atoms with Crippen molar-refractivity contribution in [3.05, 3.63) is 51.7 Å². The summed E-state index contributed by atoms with van der Waals surface area (Å²) in [6, 6.07) is -0.111. The van der Waals surface area contributed by atoms with Gasteiger partial charge < -0.3 is 14.6 Å². The summed E-state index contributed by atoms with van der Waals surface area (Å²) in [6.07, 6.45) is -7.58. The van der Waals surface area contributed by atoms with Crippen molar-refractivity contribution in [2.75, 3.05) is 24.6 Å². The van der Waals surface area contributed by atoms with Gasteiger partial charge in [0.25, 0.3) is 5.56 Å². The van der Waals surface area contributed by atoms with Gasteiger partial charge in [-0.3, -0.25) is 9.69 Å². The first-order chi connectivity index (χ1) is 15.8. The number of rotatable bonds is 4. The van der Waals surface area contributed by atoms with E-state index >= 15 is 0 Å². The van der Waals surface area contributed by atoms with Crippen LogP contribution in [0.4, 0.5) is 37.1 Å². The first kappa shape index (κ1) is 25.3. The van der Waals surface area contributed by atoms with Crippen molar-refractivity contribution >= 4 is 12.0 Å². The van der Waals surface area contributed by atoms with Crippen LogP contribution in [0, 0.1) is 0 Å². The zero-order valence-electron chi connectivity index (χ0n) is 18.1. The monoisotopic (exact) mass is 493 g/mol. The molecule has 1 N–H and O–H groups in total. The number of alkyl halides is 6. The Labute approximate surface area is 189 Å². The number of H-pyrrole nitrogens is 1. The van der Waals surface area contributed by atoms with Crippen LogP contribution in [0.15, 0.2) is 29.5 Å². The topological polar surface area (TPSA) is 91.4 Å². The number of hydrogen-bond acceptors (Lipinski definition) is 6. The molecule has 8 nitrogen and oxygen atoms in total. The van der Waals surface area contributed by atoms with E-state index in [0.717, 1.165) is 6.20 Å². The molecule has 34 heavy (non-hydrogen) atoms. The maximum atomic E-state index is 12.9. The molecule has 14 heteroatoms. The van der Waals surface area contributed by atoms with Crippen molar-refractivity contribution in [3.8, 4) is 0 Å². The van der Waals surface area contributed by atoms with Crippen LogP contribution < -0.4 is 10.5 Å². The highest BCUT2D eigenvalue weighted by Gasteiger charge is 2.36. The molecule has 3 rings (SSSR count). The molecule has 0 saturated carbocycles. The number of pyridine rings is 1. The van der Waals surface area contributed by atoms with Gasteiger partial charge in [0.2, 0.25) is 5.95 Å². The minimum atomic E-state index is -4.80. The number of aromatic nitrogens is 3. The van der Waals surface area contributed by atoms with Gasteiger partial charge in [-0.2, -0.15) is 26.3 Å². The highest BCUT2D eigenvalue weighted by Crippen LogP contribution is 2.29. The standard InChI is InChI=1S/C20H21F6N5O3/c1-11-9-30(17-28-7-14(8-29-17)19(21,22)23)10-12(2)31(11)18(33)34-4-3-13-5-15(20(24,25)26)16(32)27-6-13/h5-8,11-12H,3-4,9-10H2,1-2H3,(H,27,32)/t11-,12-/m0/s1. The van der Waals surface area contributed by atoms with E-state index in [1.54, 1.807) is 18.7 Å². The second-order valence-corrected chi connectivity index (χ2v) is 7.89. The third kappa shape index (κ3) is 5.78. The predicted molar refractivity (Wildman–Crippen MR) is 107 cm³/mol. The summed E-state index contributed by atoms with van der Waals surface area (Å²) < 4.78 is 81.9. The van der Waals surface area contributed by atoms with E-state index in [4.69, 9.17) is 4.74 Å². The van der Waals surface area contributed by atoms with Gasteiger partial charge in [-0.25, -0.2) is 14.8 Å². The Kier molecular flexibility index (Phi) is 7.07. The third-order valence-corrected chi connectivity index (χ3v) is 5.26. The third-order valence-electron chi connectivity index (χ3n) is 5.26. The highest BCUT2D eigenvalue weighted by atomic mass is 19.4. The molecular weight excluding hydrogens is 472 g/mol. The molecule has 2 aromatic rings. The number of nitrogens with one attached hydrogen (secondary N) is 1. The molecule has 0 bridgehead atoms. The van der Waals surface area contributed by atoms with Gasteiger partial charge in [0.05, 0.1) is 24.3 Å². The lowest BCUT2D eigenvalue weighted by molar-refractivity contribution is -0.139. The molecule has 0 aromatic carbocycles. The minimum absolute atomic E-state index is 0.0479. The summed E-state index contributed by atoms with van der Waals surface area (Å²) in [5.74, 6) is 0.0956. The van der Waals surface area contributed by atoms with E-state index in [-0.39, 0.29) is 37.6 Å². The largest absolute Gasteiger partial charge is 0.449 e. The first-order valence-corrected chi connectivity index (χ1v) is 10.2. The van der Waals surface area contributed by atoms with Crippen LogP contribution in [-0.2, 0) is 23.5 Å². The summed E-state index contributed by atoms with van der Waals surface area (Å²) in [5, 5.41) is 0. The number of nitrogens with zero attached hydrogens (tertiary/aromatic N) is 4. The Morgan fingerprint density at radius 3 is 2.21 bits per heavy atom. The van der Waals surface area contributed by atoms with Crippen molar-refractivity contribution in [2.45, 2.75) is 44.7 Å². The van der Waals surface area contributed by atoms with Crippen molar-refractivity contribution in [1.82, 2.24) is 19.9 Å². The lowest BCUT2D eigenvalue weighted by atomic mass is 10.1. The van der Waals surface area contributed by atoms with Gasteiger partial charge >= 0.3 is 18.4 Å². The number of halogens is 6. The smallest absolute Gasteiger partial charge is 0.421 e. The van der Waals surface area contributed by atoms with Gasteiger partial charge in [0.15, 0.2) is 0 Å². The van der Waals surface area contributed by atoms with Gasteiger partial charge in [-0.05, 0) is 25.5 Å². The Morgan fingerprint density at radius 2 is 1.68 bits per heavy atom. The van der Waals surface area contributed by atoms with Crippen molar-refractivity contribution < 1.29 is 35.9 Å². The van der Waals surface area contributed by atoms with Crippen LogP contribution >= 0.6 is 0 Å². The molecule has 1 aliphatic rings. The Bertz CT molecular complexity index is 1060. The Hall–Kier alpha value is -3.32. The summed E-state index contributed by atoms with van der Waals surface area (Å²) in [5.41, 5.74) is -3.42. The normalized spacial score (nSPS) is 19.3. The Morgan fingerprint density at radius 1 is 1.09 bits per heavy atom. The van der Waals surface area contributed by atoms with Crippen LogP contribution in [0.25, 0.3) is 0 Å². The minimum Gasteiger partial charge on any atom is -0.449 e. The number of piperazine rings is 1. The fourth-order valence-electron chi connectivity index (χ4n) is 3.69. The van der Waals surface area contributed by atoms with E-state index in [2.05, 4.69) is 9.97 Å². The molecule has 0 radical (unpaired) electrons. The first-order valence-electron chi connectivity index (χ1n) is 10.2. The molecule has 0 unspecified atom stereocenters. The average molecular weight is 493 g/mol. The summed E-state index contributed by atoms with van der Waals surface area (Å²) in [6.45, 7) is 3.68. The van der Waals surface area contributed by atoms with E-state index in [0.29, 0.717) is 18.5 Å². The molecule has 1 fully saturated rings. The second kappa shape index (κ2) is 9.50. The lowest BCUT2D eigenvalue weighted by Gasteiger charge is -2.43. The number of hydrogen-bond donors (Lipinski definition) is 1. The molecular formula is C20H21F6N5O3. The number of aromatic amines is 1. The summed E-state index contributed by atoms with van der Waals surface area (Å²) in [7, 11) is 0. The van der Waals surface area contributed by atoms with Gasteiger partial charge in [-0.1, -0.05) is 0 Å².